The van der Waals surface area contributed by atoms with Gasteiger partial charge in [-0.05, 0) is 18.3 Å². The lowest BCUT2D eigenvalue weighted by atomic mass is 9.73. The highest BCUT2D eigenvalue weighted by Crippen LogP contribution is 2.42. The highest BCUT2D eigenvalue weighted by Gasteiger charge is 2.40. The molecule has 0 amide bonds. The largest absolute Gasteiger partial charge is 0.430 e. The van der Waals surface area contributed by atoms with Gasteiger partial charge in [-0.15, -0.1) is 0 Å². The zero-order valence-electron chi connectivity index (χ0n) is 13.0. The molecule has 1 aliphatic carbocycles. The van der Waals surface area contributed by atoms with Crippen LogP contribution in [0.15, 0.2) is 11.3 Å². The summed E-state index contributed by atoms with van der Waals surface area (Å²) in [6.07, 6.45) is 7.36. The van der Waals surface area contributed by atoms with Crippen molar-refractivity contribution in [2.75, 3.05) is 0 Å². The first kappa shape index (κ1) is 15.3. The number of rotatable bonds is 5. The van der Waals surface area contributed by atoms with E-state index in [1.54, 1.807) is 0 Å². The fraction of sp³-hybridized carbons (Fsp3) is 0.765. The molecule has 0 saturated carbocycles. The van der Waals surface area contributed by atoms with Crippen LogP contribution in [0.25, 0.3) is 0 Å². The SMILES string of the molecule is CCCCCC[C@@H]1CC2=C(CC(C)(C)CC2=O)OC1=O. The first-order valence-electron chi connectivity index (χ1n) is 7.90. The van der Waals surface area contributed by atoms with Gasteiger partial charge in [0.1, 0.15) is 5.76 Å². The number of ether oxygens (including phenoxy) is 1. The summed E-state index contributed by atoms with van der Waals surface area (Å²) in [7, 11) is 0. The van der Waals surface area contributed by atoms with Gasteiger partial charge in [0.15, 0.2) is 5.78 Å². The Balaban J connectivity index is 2.00. The summed E-state index contributed by atoms with van der Waals surface area (Å²) in [5.74, 6) is 0.616. The van der Waals surface area contributed by atoms with E-state index in [1.165, 1.54) is 12.8 Å². The minimum Gasteiger partial charge on any atom is -0.430 e. The maximum Gasteiger partial charge on any atom is 0.314 e. The molecule has 0 aromatic rings. The van der Waals surface area contributed by atoms with Crippen LogP contribution in [0.2, 0.25) is 0 Å². The second kappa shape index (κ2) is 6.11. The summed E-state index contributed by atoms with van der Waals surface area (Å²) in [4.78, 5) is 24.3. The van der Waals surface area contributed by atoms with Gasteiger partial charge in [0, 0.05) is 18.4 Å². The zero-order chi connectivity index (χ0) is 14.8. The fourth-order valence-corrected chi connectivity index (χ4v) is 3.20. The van der Waals surface area contributed by atoms with Gasteiger partial charge >= 0.3 is 5.97 Å². The lowest BCUT2D eigenvalue weighted by Crippen LogP contribution is -2.34. The van der Waals surface area contributed by atoms with Gasteiger partial charge in [-0.1, -0.05) is 46.5 Å². The van der Waals surface area contributed by atoms with Crippen molar-refractivity contribution in [3.63, 3.8) is 0 Å². The number of carbonyl (C=O) groups is 2. The van der Waals surface area contributed by atoms with Gasteiger partial charge in [0.25, 0.3) is 0 Å². The number of Topliss-reactive ketones (excluding diaryl/α,β-unsaturated/α-hetero) is 1. The molecule has 1 aliphatic heterocycles. The number of carbonyl (C=O) groups excluding carboxylic acids is 2. The van der Waals surface area contributed by atoms with E-state index in [-0.39, 0.29) is 23.1 Å². The summed E-state index contributed by atoms with van der Waals surface area (Å²) < 4.78 is 5.49. The molecule has 2 rings (SSSR count). The van der Waals surface area contributed by atoms with E-state index in [9.17, 15) is 9.59 Å². The Hall–Kier alpha value is -1.12. The van der Waals surface area contributed by atoms with Crippen LogP contribution in [0.1, 0.15) is 72.1 Å². The molecular formula is C17H26O3. The molecule has 1 atom stereocenters. The lowest BCUT2D eigenvalue weighted by molar-refractivity contribution is -0.147. The molecule has 3 nitrogen and oxygen atoms in total. The third kappa shape index (κ3) is 3.50. The maximum absolute atomic E-state index is 12.2. The molecule has 112 valence electrons. The molecule has 2 aliphatic rings. The van der Waals surface area contributed by atoms with Crippen molar-refractivity contribution in [3.05, 3.63) is 11.3 Å². The van der Waals surface area contributed by atoms with E-state index >= 15 is 0 Å². The summed E-state index contributed by atoms with van der Waals surface area (Å²) in [6.45, 7) is 6.28. The smallest absolute Gasteiger partial charge is 0.314 e. The molecule has 0 saturated heterocycles. The normalized spacial score (nSPS) is 25.4. The van der Waals surface area contributed by atoms with Gasteiger partial charge in [0.2, 0.25) is 0 Å². The first-order chi connectivity index (χ1) is 9.43. The van der Waals surface area contributed by atoms with Crippen LogP contribution in [0, 0.1) is 11.3 Å². The van der Waals surface area contributed by atoms with E-state index in [2.05, 4.69) is 20.8 Å². The molecule has 0 aromatic heterocycles. The first-order valence-corrected chi connectivity index (χ1v) is 7.90. The quantitative estimate of drug-likeness (QED) is 0.560. The molecule has 0 spiro atoms. The number of hydrogen-bond acceptors (Lipinski definition) is 3. The molecule has 20 heavy (non-hydrogen) atoms. The zero-order valence-corrected chi connectivity index (χ0v) is 13.0. The fourth-order valence-electron chi connectivity index (χ4n) is 3.20. The Labute approximate surface area is 121 Å². The van der Waals surface area contributed by atoms with E-state index in [4.69, 9.17) is 4.74 Å². The van der Waals surface area contributed by atoms with Crippen LogP contribution < -0.4 is 0 Å². The predicted molar refractivity (Wildman–Crippen MR) is 78.0 cm³/mol. The number of hydrogen-bond donors (Lipinski definition) is 0. The minimum atomic E-state index is -0.120. The van der Waals surface area contributed by atoms with Gasteiger partial charge < -0.3 is 4.74 Å². The Kier molecular flexibility index (Phi) is 4.66. The highest BCUT2D eigenvalue weighted by atomic mass is 16.5. The predicted octanol–water partition coefficient (Wildman–Crippen LogP) is 4.16. The Bertz CT molecular complexity index is 432. The molecule has 0 aromatic carbocycles. The summed E-state index contributed by atoms with van der Waals surface area (Å²) in [5.41, 5.74) is 0.717. The van der Waals surface area contributed by atoms with Crippen LogP contribution >= 0.6 is 0 Å². The van der Waals surface area contributed by atoms with Gasteiger partial charge in [-0.25, -0.2) is 0 Å². The average Bonchev–Trinajstić information content (AvgIpc) is 2.34. The molecule has 0 bridgehead atoms. The summed E-state index contributed by atoms with van der Waals surface area (Å²) >= 11 is 0. The highest BCUT2D eigenvalue weighted by molar-refractivity contribution is 5.99. The van der Waals surface area contributed by atoms with E-state index < -0.39 is 0 Å². The summed E-state index contributed by atoms with van der Waals surface area (Å²) in [5, 5.41) is 0. The van der Waals surface area contributed by atoms with E-state index in [1.807, 2.05) is 0 Å². The molecule has 0 radical (unpaired) electrons. The second-order valence-corrected chi connectivity index (χ2v) is 7.01. The molecule has 0 N–H and O–H groups in total. The van der Waals surface area contributed by atoms with Crippen molar-refractivity contribution in [3.8, 4) is 0 Å². The molecule has 0 fully saturated rings. The van der Waals surface area contributed by atoms with Crippen LogP contribution in [0.4, 0.5) is 0 Å². The van der Waals surface area contributed by atoms with Crippen LogP contribution in [-0.2, 0) is 14.3 Å². The Morgan fingerprint density at radius 2 is 1.90 bits per heavy atom. The van der Waals surface area contributed by atoms with Crippen LogP contribution in [-0.4, -0.2) is 11.8 Å². The van der Waals surface area contributed by atoms with Crippen LogP contribution in [0.5, 0.6) is 0 Å². The average molecular weight is 278 g/mol. The Morgan fingerprint density at radius 3 is 2.60 bits per heavy atom. The Morgan fingerprint density at radius 1 is 1.15 bits per heavy atom. The van der Waals surface area contributed by atoms with Gasteiger partial charge in [-0.3, -0.25) is 9.59 Å². The number of unbranched alkanes of at least 4 members (excludes halogenated alkanes) is 3. The summed E-state index contributed by atoms with van der Waals surface area (Å²) in [6, 6.07) is 0. The van der Waals surface area contributed by atoms with Crippen molar-refractivity contribution in [2.45, 2.75) is 72.1 Å². The molecular weight excluding hydrogens is 252 g/mol. The van der Waals surface area contributed by atoms with Crippen molar-refractivity contribution < 1.29 is 14.3 Å². The van der Waals surface area contributed by atoms with Crippen LogP contribution in [0.3, 0.4) is 0 Å². The maximum atomic E-state index is 12.2. The number of ketones is 1. The molecule has 1 heterocycles. The van der Waals surface area contributed by atoms with Crippen molar-refractivity contribution in [1.82, 2.24) is 0 Å². The van der Waals surface area contributed by atoms with Crippen molar-refractivity contribution >= 4 is 11.8 Å². The molecule has 3 heteroatoms. The third-order valence-corrected chi connectivity index (χ3v) is 4.37. The topological polar surface area (TPSA) is 43.4 Å². The van der Waals surface area contributed by atoms with Crippen molar-refractivity contribution in [2.24, 2.45) is 11.3 Å². The molecule has 0 unspecified atom stereocenters. The number of allylic oxidation sites excluding steroid dienone is 2. The van der Waals surface area contributed by atoms with E-state index in [0.29, 0.717) is 25.0 Å². The van der Waals surface area contributed by atoms with E-state index in [0.717, 1.165) is 24.8 Å². The third-order valence-electron chi connectivity index (χ3n) is 4.37. The second-order valence-electron chi connectivity index (χ2n) is 7.01. The monoisotopic (exact) mass is 278 g/mol. The van der Waals surface area contributed by atoms with Crippen molar-refractivity contribution in [1.29, 1.82) is 0 Å². The lowest BCUT2D eigenvalue weighted by Gasteiger charge is -2.35. The minimum absolute atomic E-state index is 0.0792. The van der Waals surface area contributed by atoms with Gasteiger partial charge in [-0.2, -0.15) is 0 Å². The standard InChI is InChI=1S/C17H26O3/c1-4-5-6-7-8-12-9-13-14(18)10-17(2,3)11-15(13)20-16(12)19/h12H,4-11H2,1-3H3/t12-/m1/s1. The van der Waals surface area contributed by atoms with Gasteiger partial charge in [0.05, 0.1) is 5.92 Å². The number of esters is 1.